The predicted octanol–water partition coefficient (Wildman–Crippen LogP) is 4.82. The zero-order valence-electron chi connectivity index (χ0n) is 15.8. The average Bonchev–Trinajstić information content (AvgIpc) is 2.72. The average molecular weight is 430 g/mol. The first-order valence-electron chi connectivity index (χ1n) is 9.17. The van der Waals surface area contributed by atoms with Crippen molar-refractivity contribution in [3.63, 3.8) is 0 Å². The SMILES string of the molecule is Cc1ccc(N(Cc2cccc(Cl)c2)S(=O)(=O)c2ccc3c(c2)OCCO3)cc1. The molecule has 150 valence electrons. The van der Waals surface area contributed by atoms with Crippen molar-refractivity contribution >= 4 is 27.3 Å². The van der Waals surface area contributed by atoms with Gasteiger partial charge in [0, 0.05) is 11.1 Å². The maximum Gasteiger partial charge on any atom is 0.264 e. The quantitative estimate of drug-likeness (QED) is 0.583. The van der Waals surface area contributed by atoms with E-state index < -0.39 is 10.0 Å². The van der Waals surface area contributed by atoms with Crippen molar-refractivity contribution in [1.82, 2.24) is 0 Å². The van der Waals surface area contributed by atoms with Crippen LogP contribution < -0.4 is 13.8 Å². The van der Waals surface area contributed by atoms with Crippen molar-refractivity contribution in [3.8, 4) is 11.5 Å². The maximum atomic E-state index is 13.6. The van der Waals surface area contributed by atoms with Gasteiger partial charge in [0.25, 0.3) is 10.0 Å². The number of benzene rings is 3. The van der Waals surface area contributed by atoms with Crippen LogP contribution in [0.2, 0.25) is 5.02 Å². The van der Waals surface area contributed by atoms with Gasteiger partial charge in [-0.1, -0.05) is 41.4 Å². The summed E-state index contributed by atoms with van der Waals surface area (Å²) >= 11 is 6.11. The first-order valence-corrected chi connectivity index (χ1v) is 11.0. The molecule has 0 unspecified atom stereocenters. The van der Waals surface area contributed by atoms with Gasteiger partial charge in [-0.25, -0.2) is 8.42 Å². The van der Waals surface area contributed by atoms with Gasteiger partial charge in [-0.3, -0.25) is 4.31 Å². The molecule has 0 radical (unpaired) electrons. The number of rotatable bonds is 5. The minimum Gasteiger partial charge on any atom is -0.486 e. The van der Waals surface area contributed by atoms with Crippen molar-refractivity contribution in [1.29, 1.82) is 0 Å². The smallest absolute Gasteiger partial charge is 0.264 e. The van der Waals surface area contributed by atoms with Gasteiger partial charge in [-0.05, 0) is 48.9 Å². The Bertz CT molecular complexity index is 1130. The second kappa shape index (κ2) is 7.97. The standard InChI is InChI=1S/C22H20ClNO4S/c1-16-5-7-19(8-6-16)24(15-17-3-2-4-18(23)13-17)29(25,26)20-9-10-21-22(14-20)28-12-11-27-21/h2-10,13-14H,11-12,15H2,1H3. The van der Waals surface area contributed by atoms with E-state index in [9.17, 15) is 8.42 Å². The monoisotopic (exact) mass is 429 g/mol. The summed E-state index contributed by atoms with van der Waals surface area (Å²) in [4.78, 5) is 0.143. The van der Waals surface area contributed by atoms with Crippen LogP contribution >= 0.6 is 11.6 Å². The van der Waals surface area contributed by atoms with Crippen LogP contribution in [0.1, 0.15) is 11.1 Å². The summed E-state index contributed by atoms with van der Waals surface area (Å²) in [6.45, 7) is 2.95. The molecule has 1 aliphatic heterocycles. The van der Waals surface area contributed by atoms with Crippen LogP contribution in [-0.2, 0) is 16.6 Å². The van der Waals surface area contributed by atoms with E-state index in [0.717, 1.165) is 11.1 Å². The van der Waals surface area contributed by atoms with Crippen LogP contribution in [0.4, 0.5) is 5.69 Å². The number of sulfonamides is 1. The lowest BCUT2D eigenvalue weighted by atomic mass is 10.2. The molecule has 0 N–H and O–H groups in total. The molecule has 29 heavy (non-hydrogen) atoms. The second-order valence-electron chi connectivity index (χ2n) is 6.78. The van der Waals surface area contributed by atoms with Gasteiger partial charge >= 0.3 is 0 Å². The second-order valence-corrected chi connectivity index (χ2v) is 9.08. The number of nitrogens with zero attached hydrogens (tertiary/aromatic N) is 1. The van der Waals surface area contributed by atoms with E-state index in [-0.39, 0.29) is 11.4 Å². The van der Waals surface area contributed by atoms with Crippen molar-refractivity contribution in [2.45, 2.75) is 18.4 Å². The highest BCUT2D eigenvalue weighted by Crippen LogP contribution is 2.35. The van der Waals surface area contributed by atoms with E-state index in [1.165, 1.54) is 10.4 Å². The summed E-state index contributed by atoms with van der Waals surface area (Å²) < 4.78 is 39.6. The summed E-state index contributed by atoms with van der Waals surface area (Å²) in [7, 11) is -3.86. The molecule has 0 atom stereocenters. The first-order chi connectivity index (χ1) is 13.9. The Morgan fingerprint density at radius 2 is 1.66 bits per heavy atom. The lowest BCUT2D eigenvalue weighted by molar-refractivity contribution is 0.171. The van der Waals surface area contributed by atoms with Crippen LogP contribution in [0.5, 0.6) is 11.5 Å². The fourth-order valence-electron chi connectivity index (χ4n) is 3.14. The largest absolute Gasteiger partial charge is 0.486 e. The van der Waals surface area contributed by atoms with E-state index in [1.54, 1.807) is 36.4 Å². The molecule has 3 aromatic rings. The van der Waals surface area contributed by atoms with Crippen LogP contribution in [0.15, 0.2) is 71.6 Å². The molecule has 0 amide bonds. The Kier molecular flexibility index (Phi) is 5.39. The molecule has 1 heterocycles. The zero-order chi connectivity index (χ0) is 20.4. The molecule has 4 rings (SSSR count). The summed E-state index contributed by atoms with van der Waals surface area (Å²) in [5.74, 6) is 0.982. The molecular weight excluding hydrogens is 410 g/mol. The first kappa shape index (κ1) is 19.6. The predicted molar refractivity (Wildman–Crippen MR) is 113 cm³/mol. The number of fused-ring (bicyclic) bond motifs is 1. The molecule has 3 aromatic carbocycles. The van der Waals surface area contributed by atoms with Gasteiger partial charge < -0.3 is 9.47 Å². The van der Waals surface area contributed by atoms with Crippen LogP contribution in [0, 0.1) is 6.92 Å². The zero-order valence-corrected chi connectivity index (χ0v) is 17.4. The lowest BCUT2D eigenvalue weighted by Crippen LogP contribution is -2.30. The van der Waals surface area contributed by atoms with Gasteiger partial charge in [0.2, 0.25) is 0 Å². The molecule has 0 aromatic heterocycles. The normalized spacial score (nSPS) is 13.2. The van der Waals surface area contributed by atoms with Gasteiger partial charge in [-0.15, -0.1) is 0 Å². The minimum absolute atomic E-state index is 0.143. The highest BCUT2D eigenvalue weighted by molar-refractivity contribution is 7.92. The molecular formula is C22H20ClNO4S. The summed E-state index contributed by atoms with van der Waals surface area (Å²) in [5.41, 5.74) is 2.41. The van der Waals surface area contributed by atoms with E-state index in [1.807, 2.05) is 31.2 Å². The number of hydrogen-bond donors (Lipinski definition) is 0. The number of aryl methyl sites for hydroxylation is 1. The number of anilines is 1. The van der Waals surface area contributed by atoms with Gasteiger partial charge in [0.05, 0.1) is 17.1 Å². The Morgan fingerprint density at radius 1 is 0.931 bits per heavy atom. The molecule has 0 saturated carbocycles. The topological polar surface area (TPSA) is 55.8 Å². The fourth-order valence-corrected chi connectivity index (χ4v) is 4.82. The number of hydrogen-bond acceptors (Lipinski definition) is 4. The van der Waals surface area contributed by atoms with Crippen LogP contribution in [0.25, 0.3) is 0 Å². The van der Waals surface area contributed by atoms with Gasteiger partial charge in [0.1, 0.15) is 13.2 Å². The molecule has 0 spiro atoms. The minimum atomic E-state index is -3.86. The third-order valence-corrected chi connectivity index (χ3v) is 6.64. The lowest BCUT2D eigenvalue weighted by Gasteiger charge is -2.26. The Hall–Kier alpha value is -2.70. The third kappa shape index (κ3) is 4.18. The molecule has 0 saturated heterocycles. The van der Waals surface area contributed by atoms with Crippen molar-refractivity contribution in [2.75, 3.05) is 17.5 Å². The molecule has 7 heteroatoms. The number of ether oxygens (including phenoxy) is 2. The van der Waals surface area contributed by atoms with E-state index in [0.29, 0.717) is 35.4 Å². The summed E-state index contributed by atoms with van der Waals surface area (Å²) in [6.07, 6.45) is 0. The van der Waals surface area contributed by atoms with Crippen molar-refractivity contribution < 1.29 is 17.9 Å². The maximum absolute atomic E-state index is 13.6. The number of halogens is 1. The Morgan fingerprint density at radius 3 is 2.38 bits per heavy atom. The Balaban J connectivity index is 1.77. The highest BCUT2D eigenvalue weighted by atomic mass is 35.5. The van der Waals surface area contributed by atoms with Gasteiger partial charge in [-0.2, -0.15) is 0 Å². The third-order valence-electron chi connectivity index (χ3n) is 4.64. The molecule has 0 bridgehead atoms. The molecule has 1 aliphatic rings. The summed E-state index contributed by atoms with van der Waals surface area (Å²) in [6, 6.07) is 19.3. The molecule has 0 fully saturated rings. The fraction of sp³-hybridized carbons (Fsp3) is 0.182. The van der Waals surface area contributed by atoms with E-state index in [4.69, 9.17) is 21.1 Å². The van der Waals surface area contributed by atoms with Crippen LogP contribution in [0.3, 0.4) is 0 Å². The molecule has 0 aliphatic carbocycles. The van der Waals surface area contributed by atoms with E-state index in [2.05, 4.69) is 0 Å². The van der Waals surface area contributed by atoms with Crippen LogP contribution in [-0.4, -0.2) is 21.6 Å². The van der Waals surface area contributed by atoms with Gasteiger partial charge in [0.15, 0.2) is 11.5 Å². The Labute approximate surface area is 175 Å². The van der Waals surface area contributed by atoms with Crippen molar-refractivity contribution in [2.24, 2.45) is 0 Å². The summed E-state index contributed by atoms with van der Waals surface area (Å²) in [5, 5.41) is 0.558. The molecule has 5 nitrogen and oxygen atoms in total. The van der Waals surface area contributed by atoms with E-state index >= 15 is 0 Å². The van der Waals surface area contributed by atoms with Crippen molar-refractivity contribution in [3.05, 3.63) is 82.9 Å². The highest BCUT2D eigenvalue weighted by Gasteiger charge is 2.27.